The number of carbonyl (C=O) groups excluding carboxylic acids is 1. The van der Waals surface area contributed by atoms with Gasteiger partial charge in [-0.15, -0.1) is 11.3 Å². The third-order valence-electron chi connectivity index (χ3n) is 6.10. The minimum atomic E-state index is -0.553. The molecule has 1 unspecified atom stereocenters. The minimum absolute atomic E-state index is 0.142. The van der Waals surface area contributed by atoms with E-state index >= 15 is 0 Å². The highest BCUT2D eigenvalue weighted by Gasteiger charge is 2.22. The summed E-state index contributed by atoms with van der Waals surface area (Å²) in [6.07, 6.45) is 6.24. The van der Waals surface area contributed by atoms with Crippen molar-refractivity contribution >= 4 is 34.5 Å². The van der Waals surface area contributed by atoms with Crippen LogP contribution in [0.1, 0.15) is 47.5 Å². The number of carbonyl (C=O) groups is 1. The summed E-state index contributed by atoms with van der Waals surface area (Å²) in [7, 11) is 0. The molecular weight excluding hydrogens is 514 g/mol. The van der Waals surface area contributed by atoms with Crippen LogP contribution in [0, 0.1) is 0 Å². The number of benzene rings is 1. The Hall–Kier alpha value is -3.11. The molecule has 4 aromatic rings. The number of imidazole rings is 1. The number of pyridine rings is 1. The van der Waals surface area contributed by atoms with Crippen molar-refractivity contribution in [1.29, 1.82) is 0 Å². The van der Waals surface area contributed by atoms with E-state index in [4.69, 9.17) is 36.3 Å². The first-order valence-electron chi connectivity index (χ1n) is 12.2. The van der Waals surface area contributed by atoms with Gasteiger partial charge in [-0.25, -0.2) is 4.98 Å². The average molecular weight is 542 g/mol. The molecule has 2 atom stereocenters. The second-order valence-electron chi connectivity index (χ2n) is 8.70. The second kappa shape index (κ2) is 11.5. The van der Waals surface area contributed by atoms with Gasteiger partial charge in [-0.3, -0.25) is 9.20 Å². The molecule has 0 spiro atoms. The van der Waals surface area contributed by atoms with E-state index in [0.29, 0.717) is 34.6 Å². The fraction of sp³-hybridized carbons (Fsp3) is 0.333. The van der Waals surface area contributed by atoms with Crippen molar-refractivity contribution in [2.24, 2.45) is 5.73 Å². The lowest BCUT2D eigenvalue weighted by atomic mass is 10.1. The third-order valence-corrected chi connectivity index (χ3v) is 7.58. The molecule has 37 heavy (non-hydrogen) atoms. The first-order valence-corrected chi connectivity index (χ1v) is 13.4. The summed E-state index contributed by atoms with van der Waals surface area (Å²) in [5, 5.41) is 0.499. The summed E-state index contributed by atoms with van der Waals surface area (Å²) in [6.45, 7) is 3.45. The van der Waals surface area contributed by atoms with Crippen LogP contribution < -0.4 is 15.2 Å². The molecule has 2 N–H and O–H groups in total. The van der Waals surface area contributed by atoms with Crippen LogP contribution in [-0.2, 0) is 9.47 Å². The maximum Gasteiger partial charge on any atom is 0.262 e. The first-order chi connectivity index (χ1) is 18.0. The van der Waals surface area contributed by atoms with Crippen LogP contribution in [0.15, 0.2) is 54.9 Å². The van der Waals surface area contributed by atoms with Crippen molar-refractivity contribution in [2.75, 3.05) is 19.8 Å². The van der Waals surface area contributed by atoms with Gasteiger partial charge in [-0.1, -0.05) is 23.7 Å². The Morgan fingerprint density at radius 3 is 2.95 bits per heavy atom. The number of hydrogen-bond acceptors (Lipinski definition) is 7. The van der Waals surface area contributed by atoms with Gasteiger partial charge < -0.3 is 24.7 Å². The fourth-order valence-electron chi connectivity index (χ4n) is 4.24. The Labute approximate surface area is 223 Å². The van der Waals surface area contributed by atoms with Crippen molar-refractivity contribution in [3.05, 3.63) is 70.3 Å². The predicted octanol–water partition coefficient (Wildman–Crippen LogP) is 5.88. The lowest BCUT2D eigenvalue weighted by Gasteiger charge is -2.22. The summed E-state index contributed by atoms with van der Waals surface area (Å²) in [4.78, 5) is 17.8. The van der Waals surface area contributed by atoms with Crippen LogP contribution >= 0.6 is 22.9 Å². The average Bonchev–Trinajstić information content (AvgIpc) is 3.51. The van der Waals surface area contributed by atoms with Gasteiger partial charge in [0.05, 0.1) is 28.4 Å². The molecule has 0 bridgehead atoms. The van der Waals surface area contributed by atoms with Crippen molar-refractivity contribution in [3.63, 3.8) is 0 Å². The summed E-state index contributed by atoms with van der Waals surface area (Å²) < 4.78 is 25.2. The van der Waals surface area contributed by atoms with Crippen LogP contribution in [0.5, 0.6) is 11.5 Å². The van der Waals surface area contributed by atoms with Gasteiger partial charge in [0.1, 0.15) is 34.7 Å². The molecule has 1 saturated heterocycles. The molecule has 194 valence electrons. The van der Waals surface area contributed by atoms with Crippen molar-refractivity contribution < 1.29 is 23.7 Å². The number of fused-ring (bicyclic) bond motifs is 1. The summed E-state index contributed by atoms with van der Waals surface area (Å²) in [6, 6.07) is 13.0. The Morgan fingerprint density at radius 2 is 2.16 bits per heavy atom. The number of nitrogens with zero attached hydrogens (tertiary/aromatic N) is 2. The van der Waals surface area contributed by atoms with Crippen LogP contribution in [-0.4, -0.2) is 41.4 Å². The largest absolute Gasteiger partial charge is 0.491 e. The molecule has 0 saturated carbocycles. The predicted molar refractivity (Wildman–Crippen MR) is 143 cm³/mol. The molecule has 0 radical (unpaired) electrons. The molecule has 1 amide bonds. The zero-order valence-corrected chi connectivity index (χ0v) is 22.0. The monoisotopic (exact) mass is 541 g/mol. The molecule has 3 aromatic heterocycles. The number of aromatic nitrogens is 2. The number of amides is 1. The molecule has 0 aliphatic carbocycles. The molecule has 8 nitrogen and oxygen atoms in total. The SMILES string of the molecule is C[C@@H](Oc1cc(-c2cnc3ccccn23)sc1C(N)=O)c1ccc(OCCOC2CCCCO2)cc1Cl. The van der Waals surface area contributed by atoms with Gasteiger partial charge in [0.15, 0.2) is 6.29 Å². The lowest BCUT2D eigenvalue weighted by Crippen LogP contribution is -2.24. The smallest absolute Gasteiger partial charge is 0.262 e. The zero-order chi connectivity index (χ0) is 25.8. The number of halogens is 1. The molecule has 4 heterocycles. The highest BCUT2D eigenvalue weighted by atomic mass is 35.5. The standard InChI is InChI=1S/C27H28ClN3O5S/c1-17(19-9-8-18(14-20(19)28)33-12-13-35-25-7-3-5-11-34-25)36-22-15-23(37-26(22)27(29)32)21-16-30-24-6-2-4-10-31(21)24/h2,4,6,8-10,14-17,25H,3,5,7,11-13H2,1H3,(H2,29,32)/t17-,25?/m1/s1. The molecule has 10 heteroatoms. The lowest BCUT2D eigenvalue weighted by molar-refractivity contribution is -0.165. The van der Waals surface area contributed by atoms with Crippen LogP contribution in [0.25, 0.3) is 16.2 Å². The topological polar surface area (TPSA) is 97.3 Å². The number of hydrogen-bond donors (Lipinski definition) is 1. The van der Waals surface area contributed by atoms with Gasteiger partial charge in [-0.2, -0.15) is 0 Å². The highest BCUT2D eigenvalue weighted by Crippen LogP contribution is 2.39. The molecule has 1 aliphatic heterocycles. The normalized spacial score (nSPS) is 16.5. The molecule has 1 fully saturated rings. The van der Waals surface area contributed by atoms with E-state index in [1.54, 1.807) is 12.3 Å². The Bertz CT molecular complexity index is 1380. The van der Waals surface area contributed by atoms with Gasteiger partial charge in [-0.05, 0) is 50.5 Å². The van der Waals surface area contributed by atoms with Crippen LogP contribution in [0.3, 0.4) is 0 Å². The van der Waals surface area contributed by atoms with Crippen molar-refractivity contribution in [3.8, 4) is 22.1 Å². The maximum atomic E-state index is 12.2. The summed E-state index contributed by atoms with van der Waals surface area (Å²) in [5.74, 6) is 0.490. The van der Waals surface area contributed by atoms with E-state index in [9.17, 15) is 4.79 Å². The van der Waals surface area contributed by atoms with Crippen LogP contribution in [0.2, 0.25) is 5.02 Å². The van der Waals surface area contributed by atoms with E-state index in [1.165, 1.54) is 11.3 Å². The van der Waals surface area contributed by atoms with E-state index in [1.807, 2.05) is 53.9 Å². The molecule has 1 aromatic carbocycles. The minimum Gasteiger partial charge on any atom is -0.491 e. The number of ether oxygens (including phenoxy) is 4. The third kappa shape index (κ3) is 5.91. The Morgan fingerprint density at radius 1 is 1.27 bits per heavy atom. The summed E-state index contributed by atoms with van der Waals surface area (Å²) in [5.41, 5.74) is 8.10. The fourth-order valence-corrected chi connectivity index (χ4v) is 5.51. The van der Waals surface area contributed by atoms with E-state index < -0.39 is 12.0 Å². The highest BCUT2D eigenvalue weighted by molar-refractivity contribution is 7.17. The molecule has 1 aliphatic rings. The second-order valence-corrected chi connectivity index (χ2v) is 10.2. The number of thiophene rings is 1. The van der Waals surface area contributed by atoms with Gasteiger partial charge >= 0.3 is 0 Å². The Kier molecular flexibility index (Phi) is 7.95. The summed E-state index contributed by atoms with van der Waals surface area (Å²) >= 11 is 7.84. The quantitative estimate of drug-likeness (QED) is 0.252. The molecular formula is C27H28ClN3O5S. The van der Waals surface area contributed by atoms with Crippen molar-refractivity contribution in [1.82, 2.24) is 9.38 Å². The Balaban J connectivity index is 1.25. The van der Waals surface area contributed by atoms with E-state index in [0.717, 1.165) is 47.7 Å². The molecule has 5 rings (SSSR count). The number of rotatable bonds is 10. The van der Waals surface area contributed by atoms with Crippen molar-refractivity contribution in [2.45, 2.75) is 38.6 Å². The van der Waals surface area contributed by atoms with E-state index in [2.05, 4.69) is 4.98 Å². The number of primary amides is 1. The van der Waals surface area contributed by atoms with Crippen LogP contribution in [0.4, 0.5) is 0 Å². The number of nitrogens with two attached hydrogens (primary N) is 1. The zero-order valence-electron chi connectivity index (χ0n) is 20.4. The van der Waals surface area contributed by atoms with Gasteiger partial charge in [0, 0.05) is 24.4 Å². The van der Waals surface area contributed by atoms with E-state index in [-0.39, 0.29) is 6.29 Å². The first kappa shape index (κ1) is 25.5. The van der Waals surface area contributed by atoms with Gasteiger partial charge in [0.2, 0.25) is 0 Å². The maximum absolute atomic E-state index is 12.2. The van der Waals surface area contributed by atoms with Gasteiger partial charge in [0.25, 0.3) is 5.91 Å².